The molecule has 0 unspecified atom stereocenters. The SMILES string of the molecule is Cc1cc(COCCCC(C)C)oc1C(=O)O. The number of ether oxygens (including phenoxy) is 1. The van der Waals surface area contributed by atoms with Crippen LogP contribution in [0.2, 0.25) is 0 Å². The van der Waals surface area contributed by atoms with E-state index in [1.165, 1.54) is 0 Å². The smallest absolute Gasteiger partial charge is 0.372 e. The van der Waals surface area contributed by atoms with Crippen LogP contribution in [0.1, 0.15) is 48.6 Å². The standard InChI is InChI=1S/C13H20O4/c1-9(2)5-4-6-16-8-11-7-10(3)12(17-11)13(14)15/h7,9H,4-6,8H2,1-3H3,(H,14,15). The third-order valence-electron chi connectivity index (χ3n) is 2.48. The lowest BCUT2D eigenvalue weighted by atomic mass is 10.1. The monoisotopic (exact) mass is 240 g/mol. The van der Waals surface area contributed by atoms with Crippen LogP contribution in [-0.2, 0) is 11.3 Å². The topological polar surface area (TPSA) is 59.7 Å². The van der Waals surface area contributed by atoms with Gasteiger partial charge in [-0.2, -0.15) is 0 Å². The van der Waals surface area contributed by atoms with Crippen molar-refractivity contribution in [3.63, 3.8) is 0 Å². The maximum Gasteiger partial charge on any atom is 0.372 e. The van der Waals surface area contributed by atoms with Gasteiger partial charge in [-0.3, -0.25) is 0 Å². The zero-order chi connectivity index (χ0) is 12.8. The van der Waals surface area contributed by atoms with Crippen LogP contribution >= 0.6 is 0 Å². The van der Waals surface area contributed by atoms with E-state index in [0.29, 0.717) is 30.5 Å². The van der Waals surface area contributed by atoms with Crippen LogP contribution in [0.5, 0.6) is 0 Å². The second kappa shape index (κ2) is 6.45. The summed E-state index contributed by atoms with van der Waals surface area (Å²) in [6.07, 6.45) is 2.15. The molecule has 0 saturated heterocycles. The molecule has 0 radical (unpaired) electrons. The van der Waals surface area contributed by atoms with E-state index in [1.807, 2.05) is 0 Å². The minimum atomic E-state index is -1.03. The fourth-order valence-electron chi connectivity index (χ4n) is 1.60. The van der Waals surface area contributed by atoms with Gasteiger partial charge >= 0.3 is 5.97 Å². The van der Waals surface area contributed by atoms with Crippen molar-refractivity contribution < 1.29 is 19.1 Å². The highest BCUT2D eigenvalue weighted by Crippen LogP contribution is 2.15. The Kier molecular flexibility index (Phi) is 5.22. The Morgan fingerprint density at radius 2 is 2.24 bits per heavy atom. The van der Waals surface area contributed by atoms with Crippen molar-refractivity contribution in [3.8, 4) is 0 Å². The molecule has 1 rings (SSSR count). The normalized spacial score (nSPS) is 11.1. The Hall–Kier alpha value is -1.29. The second-order valence-corrected chi connectivity index (χ2v) is 4.62. The van der Waals surface area contributed by atoms with Crippen molar-refractivity contribution >= 4 is 5.97 Å². The molecular formula is C13H20O4. The summed E-state index contributed by atoms with van der Waals surface area (Å²) in [4.78, 5) is 10.8. The molecule has 0 aromatic carbocycles. The highest BCUT2D eigenvalue weighted by Gasteiger charge is 2.13. The lowest BCUT2D eigenvalue weighted by Crippen LogP contribution is -1.97. The molecule has 1 aromatic rings. The second-order valence-electron chi connectivity index (χ2n) is 4.62. The van der Waals surface area contributed by atoms with Crippen LogP contribution in [0.15, 0.2) is 10.5 Å². The summed E-state index contributed by atoms with van der Waals surface area (Å²) >= 11 is 0. The zero-order valence-electron chi connectivity index (χ0n) is 10.7. The van der Waals surface area contributed by atoms with E-state index in [0.717, 1.165) is 12.8 Å². The summed E-state index contributed by atoms with van der Waals surface area (Å²) in [6.45, 7) is 7.09. The minimum Gasteiger partial charge on any atom is -0.475 e. The van der Waals surface area contributed by atoms with E-state index >= 15 is 0 Å². The molecule has 0 bridgehead atoms. The van der Waals surface area contributed by atoms with Gasteiger partial charge in [0, 0.05) is 12.2 Å². The third-order valence-corrected chi connectivity index (χ3v) is 2.48. The molecule has 0 spiro atoms. The highest BCUT2D eigenvalue weighted by molar-refractivity contribution is 5.86. The predicted octanol–water partition coefficient (Wildman–Crippen LogP) is 3.24. The number of carbonyl (C=O) groups is 1. The summed E-state index contributed by atoms with van der Waals surface area (Å²) in [5, 5.41) is 8.82. The van der Waals surface area contributed by atoms with Crippen molar-refractivity contribution in [1.82, 2.24) is 0 Å². The van der Waals surface area contributed by atoms with E-state index < -0.39 is 5.97 Å². The van der Waals surface area contributed by atoms with Crippen LogP contribution in [0.4, 0.5) is 0 Å². The van der Waals surface area contributed by atoms with Crippen molar-refractivity contribution in [1.29, 1.82) is 0 Å². The molecule has 0 aliphatic heterocycles. The molecular weight excluding hydrogens is 220 g/mol. The molecule has 17 heavy (non-hydrogen) atoms. The van der Waals surface area contributed by atoms with Gasteiger partial charge in [0.1, 0.15) is 12.4 Å². The van der Waals surface area contributed by atoms with Crippen molar-refractivity contribution in [3.05, 3.63) is 23.2 Å². The average Bonchev–Trinajstić information content (AvgIpc) is 2.59. The summed E-state index contributed by atoms with van der Waals surface area (Å²) < 4.78 is 10.6. The first-order valence-corrected chi connectivity index (χ1v) is 5.91. The van der Waals surface area contributed by atoms with Gasteiger partial charge < -0.3 is 14.3 Å². The van der Waals surface area contributed by atoms with Gasteiger partial charge in [-0.15, -0.1) is 0 Å². The number of aryl methyl sites for hydroxylation is 1. The number of carboxylic acids is 1. The first-order chi connectivity index (χ1) is 8.00. The Balaban J connectivity index is 2.32. The van der Waals surface area contributed by atoms with Gasteiger partial charge in [0.2, 0.25) is 5.76 Å². The zero-order valence-corrected chi connectivity index (χ0v) is 10.7. The molecule has 0 aliphatic carbocycles. The highest BCUT2D eigenvalue weighted by atomic mass is 16.5. The number of furan rings is 1. The molecule has 0 aliphatic rings. The molecule has 1 aromatic heterocycles. The predicted molar refractivity (Wildman–Crippen MR) is 64.1 cm³/mol. The van der Waals surface area contributed by atoms with E-state index in [1.54, 1.807) is 13.0 Å². The first-order valence-electron chi connectivity index (χ1n) is 5.91. The van der Waals surface area contributed by atoms with Gasteiger partial charge in [0.25, 0.3) is 0 Å². The van der Waals surface area contributed by atoms with Gasteiger partial charge in [-0.05, 0) is 31.7 Å². The number of hydrogen-bond acceptors (Lipinski definition) is 3. The summed E-state index contributed by atoms with van der Waals surface area (Å²) in [5.41, 5.74) is 0.637. The van der Waals surface area contributed by atoms with Crippen molar-refractivity contribution in [2.24, 2.45) is 5.92 Å². The lowest BCUT2D eigenvalue weighted by molar-refractivity contribution is 0.0644. The fourth-order valence-corrected chi connectivity index (χ4v) is 1.60. The van der Waals surface area contributed by atoms with Crippen LogP contribution < -0.4 is 0 Å². The van der Waals surface area contributed by atoms with E-state index in [-0.39, 0.29) is 5.76 Å². The third kappa shape index (κ3) is 4.61. The Labute approximate surface area is 102 Å². The van der Waals surface area contributed by atoms with Crippen LogP contribution in [0.3, 0.4) is 0 Å². The van der Waals surface area contributed by atoms with Gasteiger partial charge in [0.05, 0.1) is 0 Å². The Morgan fingerprint density at radius 3 is 2.76 bits per heavy atom. The van der Waals surface area contributed by atoms with E-state index in [9.17, 15) is 4.79 Å². The van der Waals surface area contributed by atoms with Gasteiger partial charge in [-0.25, -0.2) is 4.79 Å². The Morgan fingerprint density at radius 1 is 1.53 bits per heavy atom. The van der Waals surface area contributed by atoms with E-state index in [2.05, 4.69) is 13.8 Å². The van der Waals surface area contributed by atoms with Gasteiger partial charge in [0.15, 0.2) is 0 Å². The fraction of sp³-hybridized carbons (Fsp3) is 0.615. The average molecular weight is 240 g/mol. The number of carboxylic acid groups (broad SMARTS) is 1. The molecule has 1 heterocycles. The number of aromatic carboxylic acids is 1. The lowest BCUT2D eigenvalue weighted by Gasteiger charge is -2.04. The molecule has 4 nitrogen and oxygen atoms in total. The molecule has 4 heteroatoms. The molecule has 0 saturated carbocycles. The molecule has 0 atom stereocenters. The maximum absolute atomic E-state index is 10.8. The number of hydrogen-bond donors (Lipinski definition) is 1. The Bertz CT molecular complexity index is 365. The summed E-state index contributed by atoms with van der Waals surface area (Å²) in [7, 11) is 0. The molecule has 0 amide bonds. The minimum absolute atomic E-state index is 0.00535. The maximum atomic E-state index is 10.8. The molecule has 96 valence electrons. The first kappa shape index (κ1) is 13.8. The molecule has 1 N–H and O–H groups in total. The van der Waals surface area contributed by atoms with E-state index in [4.69, 9.17) is 14.3 Å². The van der Waals surface area contributed by atoms with Crippen LogP contribution in [-0.4, -0.2) is 17.7 Å². The quantitative estimate of drug-likeness (QED) is 0.743. The van der Waals surface area contributed by atoms with Crippen LogP contribution in [0, 0.1) is 12.8 Å². The summed E-state index contributed by atoms with van der Waals surface area (Å²) in [5.74, 6) is 0.229. The number of rotatable bonds is 7. The molecule has 0 fully saturated rings. The van der Waals surface area contributed by atoms with Crippen LogP contribution in [0.25, 0.3) is 0 Å². The van der Waals surface area contributed by atoms with Crippen molar-refractivity contribution in [2.45, 2.75) is 40.2 Å². The largest absolute Gasteiger partial charge is 0.475 e. The summed E-state index contributed by atoms with van der Waals surface area (Å²) in [6, 6.07) is 1.71. The van der Waals surface area contributed by atoms with Gasteiger partial charge in [-0.1, -0.05) is 13.8 Å². The van der Waals surface area contributed by atoms with Crippen molar-refractivity contribution in [2.75, 3.05) is 6.61 Å².